The number of carbonyl (C=O) groups is 4. The number of hydrogen-bond donors (Lipinski definition) is 2. The second kappa shape index (κ2) is 9.79. The molecule has 218 valence electrons. The van der Waals surface area contributed by atoms with Gasteiger partial charge in [0.1, 0.15) is 0 Å². The van der Waals surface area contributed by atoms with Crippen LogP contribution >= 0.6 is 11.6 Å². The minimum atomic E-state index is -1.44. The van der Waals surface area contributed by atoms with Gasteiger partial charge in [0.25, 0.3) is 11.8 Å². The topological polar surface area (TPSA) is 124 Å². The number of aromatic hydroxyl groups is 1. The average Bonchev–Trinajstić information content (AvgIpc) is 3.38. The number of benzene rings is 3. The fraction of sp³-hybridized carbons (Fsp3) is 0.273. The first-order valence-corrected chi connectivity index (χ1v) is 14.4. The summed E-state index contributed by atoms with van der Waals surface area (Å²) in [6, 6.07) is 20.5. The lowest BCUT2D eigenvalue weighted by molar-refractivity contribution is -0.173. The van der Waals surface area contributed by atoms with Gasteiger partial charge in [-0.2, -0.15) is 5.06 Å². The zero-order valence-electron chi connectivity index (χ0n) is 23.0. The van der Waals surface area contributed by atoms with Crippen LogP contribution in [0.15, 0.2) is 84.4 Å². The van der Waals surface area contributed by atoms with Gasteiger partial charge in [-0.1, -0.05) is 65.7 Å². The molecule has 3 aromatic rings. The van der Waals surface area contributed by atoms with E-state index >= 15 is 4.79 Å². The Morgan fingerprint density at radius 1 is 0.907 bits per heavy atom. The number of ether oxygens (including phenoxy) is 1. The number of rotatable bonds is 4. The number of anilines is 1. The largest absolute Gasteiger partial charge is 0.504 e. The number of hydroxylamine groups is 2. The molecule has 2 aliphatic carbocycles. The summed E-state index contributed by atoms with van der Waals surface area (Å²) in [6.07, 6.45) is 2.20. The number of allylic oxidation sites excluding steroid dienone is 2. The summed E-state index contributed by atoms with van der Waals surface area (Å²) in [5.74, 6) is -6.10. The van der Waals surface area contributed by atoms with Gasteiger partial charge < -0.3 is 9.84 Å². The number of amides is 4. The molecule has 2 N–H and O–H groups in total. The molecule has 2 heterocycles. The fourth-order valence-electron chi connectivity index (χ4n) is 7.98. The van der Waals surface area contributed by atoms with Crippen LogP contribution in [-0.4, -0.2) is 46.1 Å². The van der Waals surface area contributed by atoms with Crippen molar-refractivity contribution >= 4 is 40.9 Å². The van der Waals surface area contributed by atoms with Crippen LogP contribution in [0.1, 0.15) is 29.9 Å². The number of carbonyl (C=O) groups excluding carboxylic acids is 4. The molecule has 1 saturated carbocycles. The van der Waals surface area contributed by atoms with Crippen LogP contribution in [0.5, 0.6) is 11.5 Å². The van der Waals surface area contributed by atoms with E-state index in [1.54, 1.807) is 36.4 Å². The van der Waals surface area contributed by atoms with Gasteiger partial charge in [-0.3, -0.25) is 24.4 Å². The molecule has 0 aromatic heterocycles. The van der Waals surface area contributed by atoms with Crippen LogP contribution in [0.3, 0.4) is 0 Å². The Hall–Kier alpha value is -4.47. The Kier molecular flexibility index (Phi) is 6.23. The Morgan fingerprint density at radius 2 is 1.67 bits per heavy atom. The van der Waals surface area contributed by atoms with Gasteiger partial charge in [-0.05, 0) is 60.2 Å². The maximum atomic E-state index is 15.0. The third-order valence-corrected chi connectivity index (χ3v) is 9.92. The van der Waals surface area contributed by atoms with Crippen molar-refractivity contribution in [2.24, 2.45) is 23.7 Å². The van der Waals surface area contributed by atoms with Crippen molar-refractivity contribution in [1.82, 2.24) is 5.06 Å². The van der Waals surface area contributed by atoms with Crippen LogP contribution in [0, 0.1) is 23.7 Å². The summed E-state index contributed by atoms with van der Waals surface area (Å²) in [5, 5.41) is 21.3. The van der Waals surface area contributed by atoms with Crippen molar-refractivity contribution in [3.05, 3.63) is 101 Å². The average molecular weight is 599 g/mol. The molecule has 6 atom stereocenters. The highest BCUT2D eigenvalue weighted by atomic mass is 35.5. The molecule has 9 nitrogen and oxygen atoms in total. The Labute approximate surface area is 251 Å². The SMILES string of the molecule is COc1cc([C@H]2C3=CC[C@@H]4C(=O)N(O)C(=O)[C@@H]4[C@@H]3C[C@H]3C(=O)N(c4cccc(Cl)c4)C(=O)[C@@]23c2ccccc2)ccc1O. The number of phenols is 1. The molecule has 4 aliphatic rings. The van der Waals surface area contributed by atoms with Crippen LogP contribution in [-0.2, 0) is 24.6 Å². The second-order valence-electron chi connectivity index (χ2n) is 11.5. The molecule has 0 radical (unpaired) electrons. The van der Waals surface area contributed by atoms with E-state index in [4.69, 9.17) is 16.3 Å². The molecule has 0 spiro atoms. The van der Waals surface area contributed by atoms with Gasteiger partial charge in [0.2, 0.25) is 11.8 Å². The van der Waals surface area contributed by atoms with Gasteiger partial charge in [0.05, 0.1) is 36.0 Å². The molecule has 43 heavy (non-hydrogen) atoms. The van der Waals surface area contributed by atoms with Crippen LogP contribution in [0.25, 0.3) is 0 Å². The molecule has 0 bridgehead atoms. The summed E-state index contributed by atoms with van der Waals surface area (Å²) in [6.45, 7) is 0. The lowest BCUT2D eigenvalue weighted by atomic mass is 9.49. The highest BCUT2D eigenvalue weighted by molar-refractivity contribution is 6.32. The zero-order chi connectivity index (χ0) is 30.2. The van der Waals surface area contributed by atoms with Crippen molar-refractivity contribution in [3.63, 3.8) is 0 Å². The maximum absolute atomic E-state index is 15.0. The van der Waals surface area contributed by atoms with Crippen molar-refractivity contribution in [2.45, 2.75) is 24.2 Å². The number of phenolic OH excluding ortho intramolecular Hbond substituents is 1. The fourth-order valence-corrected chi connectivity index (χ4v) is 8.16. The van der Waals surface area contributed by atoms with Crippen molar-refractivity contribution in [1.29, 1.82) is 0 Å². The smallest absolute Gasteiger partial charge is 0.257 e. The van der Waals surface area contributed by atoms with Crippen molar-refractivity contribution in [3.8, 4) is 11.5 Å². The molecule has 2 aliphatic heterocycles. The number of halogens is 1. The lowest BCUT2D eigenvalue weighted by Crippen LogP contribution is -2.53. The van der Waals surface area contributed by atoms with Crippen molar-refractivity contribution < 1.29 is 34.2 Å². The number of hydrogen-bond acceptors (Lipinski definition) is 7. The highest BCUT2D eigenvalue weighted by Crippen LogP contribution is 2.64. The summed E-state index contributed by atoms with van der Waals surface area (Å²) in [7, 11) is 1.42. The number of nitrogens with zero attached hydrogens (tertiary/aromatic N) is 2. The standard InChI is InChI=1S/C33H27ClN2O7/c1-43-26-14-17(10-13-25(26)37)28-21-11-12-22-27(31(40)36(42)29(22)38)23(21)16-24-30(39)35(20-9-5-8-19(34)15-20)32(41)33(24,28)18-6-3-2-4-7-18/h2-11,13-15,22-24,27-28,37,42H,12,16H2,1H3/t22-,23+,24-,27-,28-,33+/m0/s1. The summed E-state index contributed by atoms with van der Waals surface area (Å²) in [4.78, 5) is 56.9. The van der Waals surface area contributed by atoms with Crippen molar-refractivity contribution in [2.75, 3.05) is 12.0 Å². The molecule has 2 saturated heterocycles. The third kappa shape index (κ3) is 3.68. The van der Waals surface area contributed by atoms with E-state index in [1.807, 2.05) is 36.4 Å². The van der Waals surface area contributed by atoms with Gasteiger partial charge in [0.15, 0.2) is 11.5 Å². The third-order valence-electron chi connectivity index (χ3n) is 9.68. The van der Waals surface area contributed by atoms with E-state index in [9.17, 15) is 24.7 Å². The Morgan fingerprint density at radius 3 is 2.40 bits per heavy atom. The molecule has 10 heteroatoms. The number of imide groups is 2. The molecule has 7 rings (SSSR count). The predicted octanol–water partition coefficient (Wildman–Crippen LogP) is 4.61. The highest BCUT2D eigenvalue weighted by Gasteiger charge is 2.70. The summed E-state index contributed by atoms with van der Waals surface area (Å²) >= 11 is 6.31. The van der Waals surface area contributed by atoms with Gasteiger partial charge in [0, 0.05) is 10.9 Å². The molecule has 3 aromatic carbocycles. The quantitative estimate of drug-likeness (QED) is 0.255. The number of methoxy groups -OCH3 is 1. The minimum Gasteiger partial charge on any atom is -0.504 e. The van der Waals surface area contributed by atoms with Gasteiger partial charge >= 0.3 is 0 Å². The minimum absolute atomic E-state index is 0.0940. The lowest BCUT2D eigenvalue weighted by Gasteiger charge is -2.50. The monoisotopic (exact) mass is 598 g/mol. The normalized spacial score (nSPS) is 29.7. The predicted molar refractivity (Wildman–Crippen MR) is 154 cm³/mol. The molecular weight excluding hydrogens is 572 g/mol. The summed E-state index contributed by atoms with van der Waals surface area (Å²) in [5.41, 5.74) is 0.850. The number of fused-ring (bicyclic) bond motifs is 4. The summed E-state index contributed by atoms with van der Waals surface area (Å²) < 4.78 is 5.44. The van der Waals surface area contributed by atoms with Crippen LogP contribution in [0.2, 0.25) is 5.02 Å². The molecule has 4 amide bonds. The van der Waals surface area contributed by atoms with Gasteiger partial charge in [-0.15, -0.1) is 0 Å². The van der Waals surface area contributed by atoms with E-state index in [2.05, 4.69) is 0 Å². The maximum Gasteiger partial charge on any atom is 0.257 e. The van der Waals surface area contributed by atoms with Crippen LogP contribution in [0.4, 0.5) is 5.69 Å². The zero-order valence-corrected chi connectivity index (χ0v) is 23.8. The Balaban J connectivity index is 1.53. The van der Waals surface area contributed by atoms with E-state index in [0.717, 1.165) is 5.57 Å². The first kappa shape index (κ1) is 27.4. The molecule has 0 unspecified atom stereocenters. The van der Waals surface area contributed by atoms with Gasteiger partial charge in [-0.25, -0.2) is 4.90 Å². The van der Waals surface area contributed by atoms with E-state index in [0.29, 0.717) is 21.8 Å². The Bertz CT molecular complexity index is 1740. The van der Waals surface area contributed by atoms with E-state index in [1.165, 1.54) is 18.1 Å². The van der Waals surface area contributed by atoms with Crippen LogP contribution < -0.4 is 9.64 Å². The van der Waals surface area contributed by atoms with E-state index < -0.39 is 58.6 Å². The first-order valence-electron chi connectivity index (χ1n) is 14.0. The molecular formula is C33H27ClN2O7. The molecule has 3 fully saturated rings. The first-order chi connectivity index (χ1) is 20.7. The second-order valence-corrected chi connectivity index (χ2v) is 11.9. The van der Waals surface area contributed by atoms with E-state index in [-0.39, 0.29) is 29.4 Å².